The zero-order valence-corrected chi connectivity index (χ0v) is 28.5. The lowest BCUT2D eigenvalue weighted by atomic mass is 9.80. The van der Waals surface area contributed by atoms with Gasteiger partial charge in [-0.1, -0.05) is 65.1 Å². The Kier molecular flexibility index (Phi) is 10.2. The van der Waals surface area contributed by atoms with Crippen LogP contribution in [0.25, 0.3) is 0 Å². The summed E-state index contributed by atoms with van der Waals surface area (Å²) in [7, 11) is 1.63. The highest BCUT2D eigenvalue weighted by atomic mass is 35.5. The van der Waals surface area contributed by atoms with Crippen LogP contribution in [0.15, 0.2) is 84.9 Å². The Hall–Kier alpha value is -3.82. The Labute approximate surface area is 294 Å². The van der Waals surface area contributed by atoms with Gasteiger partial charge in [0.25, 0.3) is 5.91 Å². The SMILES string of the molecule is CN1C(=O)OC2(CCN(C(Cc3ccc(Cl)cc3)CC(CNC(=O)c3ccccc3O)c3ccc(Cl)c(Cl)c3)CC2)c2cc(F)ccc21. The summed E-state index contributed by atoms with van der Waals surface area (Å²) in [5.41, 5.74) is 2.59. The molecule has 4 aromatic carbocycles. The maximum Gasteiger partial charge on any atom is 0.414 e. The van der Waals surface area contributed by atoms with Gasteiger partial charge in [0.1, 0.15) is 17.2 Å². The van der Waals surface area contributed by atoms with Crippen molar-refractivity contribution in [3.8, 4) is 5.75 Å². The zero-order valence-electron chi connectivity index (χ0n) is 26.3. The number of piperidine rings is 1. The summed E-state index contributed by atoms with van der Waals surface area (Å²) in [5.74, 6) is -1.04. The number of likely N-dealkylation sites (tertiary alicyclic amines) is 1. The Morgan fingerprint density at radius 1 is 0.979 bits per heavy atom. The highest BCUT2D eigenvalue weighted by molar-refractivity contribution is 6.42. The number of carbonyl (C=O) groups is 2. The molecule has 0 radical (unpaired) electrons. The Morgan fingerprint density at radius 2 is 1.71 bits per heavy atom. The lowest BCUT2D eigenvalue weighted by Gasteiger charge is -2.48. The molecule has 7 nitrogen and oxygen atoms in total. The first-order chi connectivity index (χ1) is 23.0. The van der Waals surface area contributed by atoms with Gasteiger partial charge in [-0.25, -0.2) is 9.18 Å². The molecule has 2 heterocycles. The van der Waals surface area contributed by atoms with Gasteiger partial charge in [0, 0.05) is 62.1 Å². The van der Waals surface area contributed by atoms with Crippen LogP contribution in [-0.2, 0) is 16.8 Å². The van der Waals surface area contributed by atoms with E-state index in [2.05, 4.69) is 10.2 Å². The van der Waals surface area contributed by atoms with Gasteiger partial charge in [0.2, 0.25) is 0 Å². The number of phenolic OH excluding ortho intramolecular Hbond substituents is 1. The molecule has 0 saturated carbocycles. The van der Waals surface area contributed by atoms with E-state index in [1.165, 1.54) is 23.1 Å². The number of aromatic hydroxyl groups is 1. The summed E-state index contributed by atoms with van der Waals surface area (Å²) < 4.78 is 20.6. The van der Waals surface area contributed by atoms with Crippen molar-refractivity contribution < 1.29 is 23.8 Å². The minimum absolute atomic E-state index is 0.0149. The number of nitrogens with one attached hydrogen (secondary N) is 1. The van der Waals surface area contributed by atoms with E-state index in [0.717, 1.165) is 11.1 Å². The monoisotopic (exact) mass is 709 g/mol. The van der Waals surface area contributed by atoms with Crippen LogP contribution >= 0.6 is 34.8 Å². The number of ether oxygens (including phenoxy) is 1. The fourth-order valence-corrected chi connectivity index (χ4v) is 7.27. The van der Waals surface area contributed by atoms with Crippen molar-refractivity contribution in [2.75, 3.05) is 31.6 Å². The van der Waals surface area contributed by atoms with E-state index in [9.17, 15) is 19.1 Å². The van der Waals surface area contributed by atoms with Crippen molar-refractivity contribution in [2.24, 2.45) is 0 Å². The van der Waals surface area contributed by atoms with Crippen LogP contribution in [0.1, 0.15) is 52.2 Å². The molecule has 6 rings (SSSR count). The number of rotatable bonds is 9. The lowest BCUT2D eigenvalue weighted by molar-refractivity contribution is -0.0502. The third kappa shape index (κ3) is 7.27. The standard InChI is InChI=1S/C37H35Cl3FN3O4/c1-43-33-13-11-27(41)21-30(33)37(48-36(43)47)14-16-44(17-15-37)28(18-23-6-9-26(38)10-7-23)19-25(24-8-12-31(39)32(40)20-24)22-42-35(46)29-4-2-3-5-34(29)45/h2-13,20-21,25,28,45H,14-19,22H2,1H3,(H,42,46). The molecule has 1 fully saturated rings. The van der Waals surface area contributed by atoms with Crippen molar-refractivity contribution in [1.29, 1.82) is 0 Å². The molecule has 2 aliphatic heterocycles. The van der Waals surface area contributed by atoms with Gasteiger partial charge in [-0.05, 0) is 78.6 Å². The maximum absolute atomic E-state index is 14.5. The molecule has 1 spiro atoms. The number of benzene rings is 4. The smallest absolute Gasteiger partial charge is 0.414 e. The first-order valence-electron chi connectivity index (χ1n) is 15.8. The number of anilines is 1. The third-order valence-electron chi connectivity index (χ3n) is 9.50. The zero-order chi connectivity index (χ0) is 34.0. The number of fused-ring (bicyclic) bond motifs is 2. The van der Waals surface area contributed by atoms with E-state index in [0.29, 0.717) is 65.1 Å². The van der Waals surface area contributed by atoms with E-state index in [1.54, 1.807) is 37.4 Å². The fourth-order valence-electron chi connectivity index (χ4n) is 6.84. The van der Waals surface area contributed by atoms with Crippen molar-refractivity contribution in [3.63, 3.8) is 0 Å². The summed E-state index contributed by atoms with van der Waals surface area (Å²) in [6, 6.07) is 24.1. The van der Waals surface area contributed by atoms with Crippen LogP contribution in [0.2, 0.25) is 15.1 Å². The second kappa shape index (κ2) is 14.3. The Balaban J connectivity index is 1.29. The molecule has 4 aromatic rings. The number of hydrogen-bond donors (Lipinski definition) is 2. The molecule has 0 aliphatic carbocycles. The van der Waals surface area contributed by atoms with Crippen LogP contribution in [-0.4, -0.2) is 54.7 Å². The minimum atomic E-state index is -0.933. The second-order valence-electron chi connectivity index (χ2n) is 12.4. The van der Waals surface area contributed by atoms with Crippen LogP contribution < -0.4 is 10.2 Å². The fraction of sp³-hybridized carbons (Fsp3) is 0.297. The number of carbonyl (C=O) groups excluding carboxylic acids is 2. The molecule has 2 amide bonds. The van der Waals surface area contributed by atoms with E-state index in [1.807, 2.05) is 36.4 Å². The quantitative estimate of drug-likeness (QED) is 0.182. The molecule has 2 unspecified atom stereocenters. The Bertz CT molecular complexity index is 1810. The van der Waals surface area contributed by atoms with Gasteiger partial charge in [-0.2, -0.15) is 0 Å². The molecule has 250 valence electrons. The van der Waals surface area contributed by atoms with Crippen molar-refractivity contribution in [1.82, 2.24) is 10.2 Å². The van der Waals surface area contributed by atoms with Gasteiger partial charge in [0.05, 0.1) is 21.3 Å². The molecule has 2 N–H and O–H groups in total. The molecule has 1 saturated heterocycles. The molecule has 0 aromatic heterocycles. The first kappa shape index (κ1) is 34.1. The average Bonchev–Trinajstić information content (AvgIpc) is 3.08. The van der Waals surface area contributed by atoms with E-state index >= 15 is 0 Å². The predicted octanol–water partition coefficient (Wildman–Crippen LogP) is 8.58. The van der Waals surface area contributed by atoms with Gasteiger partial charge in [-0.3, -0.25) is 14.6 Å². The van der Waals surface area contributed by atoms with Crippen molar-refractivity contribution in [3.05, 3.63) is 128 Å². The molecular weight excluding hydrogens is 676 g/mol. The molecule has 11 heteroatoms. The highest BCUT2D eigenvalue weighted by Crippen LogP contribution is 2.46. The van der Waals surface area contributed by atoms with Crippen LogP contribution in [0.4, 0.5) is 14.9 Å². The first-order valence-corrected chi connectivity index (χ1v) is 16.9. The largest absolute Gasteiger partial charge is 0.507 e. The molecule has 0 bridgehead atoms. The number of phenols is 1. The summed E-state index contributed by atoms with van der Waals surface area (Å²) >= 11 is 19.0. The van der Waals surface area contributed by atoms with E-state index in [-0.39, 0.29) is 41.5 Å². The van der Waals surface area contributed by atoms with E-state index < -0.39 is 11.7 Å². The third-order valence-corrected chi connectivity index (χ3v) is 10.5. The second-order valence-corrected chi connectivity index (χ2v) is 13.7. The normalized spacial score (nSPS) is 17.0. The predicted molar refractivity (Wildman–Crippen MR) is 187 cm³/mol. The lowest BCUT2D eigenvalue weighted by Crippen LogP contribution is -2.53. The number of para-hydroxylation sites is 1. The van der Waals surface area contributed by atoms with Crippen LogP contribution in [0, 0.1) is 5.82 Å². The van der Waals surface area contributed by atoms with Gasteiger partial charge in [0.15, 0.2) is 0 Å². The number of hydrogen-bond acceptors (Lipinski definition) is 5. The van der Waals surface area contributed by atoms with E-state index in [4.69, 9.17) is 39.5 Å². The highest BCUT2D eigenvalue weighted by Gasteiger charge is 2.47. The number of nitrogens with zero attached hydrogens (tertiary/aromatic N) is 2. The van der Waals surface area contributed by atoms with Crippen LogP contribution in [0.5, 0.6) is 5.75 Å². The average molecular weight is 711 g/mol. The Morgan fingerprint density at radius 3 is 2.42 bits per heavy atom. The number of halogens is 4. The molecule has 2 aliphatic rings. The summed E-state index contributed by atoms with van der Waals surface area (Å²) in [5, 5.41) is 14.8. The van der Waals surface area contributed by atoms with Crippen molar-refractivity contribution >= 4 is 52.5 Å². The van der Waals surface area contributed by atoms with Crippen molar-refractivity contribution in [2.45, 2.75) is 43.2 Å². The summed E-state index contributed by atoms with van der Waals surface area (Å²) in [6.07, 6.45) is 1.83. The maximum atomic E-state index is 14.5. The molecular formula is C37H35Cl3FN3O4. The van der Waals surface area contributed by atoms with Gasteiger partial charge >= 0.3 is 6.09 Å². The molecule has 48 heavy (non-hydrogen) atoms. The van der Waals surface area contributed by atoms with Crippen LogP contribution in [0.3, 0.4) is 0 Å². The topological polar surface area (TPSA) is 82.1 Å². The van der Waals surface area contributed by atoms with Gasteiger partial charge < -0.3 is 15.2 Å². The van der Waals surface area contributed by atoms with Gasteiger partial charge in [-0.15, -0.1) is 0 Å². The summed E-state index contributed by atoms with van der Waals surface area (Å²) in [4.78, 5) is 29.9. The summed E-state index contributed by atoms with van der Waals surface area (Å²) in [6.45, 7) is 1.45. The number of amides is 2. The molecule has 2 atom stereocenters. The minimum Gasteiger partial charge on any atom is -0.507 e.